The van der Waals surface area contributed by atoms with Crippen LogP contribution in [0.4, 0.5) is 22.7 Å². The van der Waals surface area contributed by atoms with Crippen LogP contribution in [0.15, 0.2) is 145 Å². The first-order chi connectivity index (χ1) is 18.9. The molecular weight excluding hydrogens is 469 g/mol. The Morgan fingerprint density at radius 2 is 1.08 bits per heavy atom. The molecule has 0 saturated carbocycles. The first-order valence-corrected chi connectivity index (χ1v) is 12.7. The summed E-state index contributed by atoms with van der Waals surface area (Å²) in [6, 6.07) is 47.9. The van der Waals surface area contributed by atoms with E-state index >= 15 is 0 Å². The molecule has 0 amide bonds. The van der Waals surface area contributed by atoms with Gasteiger partial charge in [-0.05, 0) is 59.1 Å². The molecule has 0 aliphatic carbocycles. The van der Waals surface area contributed by atoms with Crippen LogP contribution >= 0.6 is 0 Å². The summed E-state index contributed by atoms with van der Waals surface area (Å²) in [5, 5.41) is 4.21. The maximum Gasteiger partial charge on any atom is 0.420 e. The Morgan fingerprint density at radius 3 is 1.71 bits per heavy atom. The average molecular weight is 493 g/mol. The second kappa shape index (κ2) is 9.49. The second-order valence-electron chi connectivity index (χ2n) is 9.26. The summed E-state index contributed by atoms with van der Waals surface area (Å²) in [5.41, 5.74) is 7.55. The van der Waals surface area contributed by atoms with Gasteiger partial charge in [0.1, 0.15) is 0 Å². The van der Waals surface area contributed by atoms with E-state index in [0.29, 0.717) is 5.90 Å². The Morgan fingerprint density at radius 1 is 0.553 bits per heavy atom. The van der Waals surface area contributed by atoms with Crippen molar-refractivity contribution in [2.75, 3.05) is 9.62 Å². The number of nitrogens with zero attached hydrogens (tertiary/aromatic N) is 3. The van der Waals surface area contributed by atoms with Gasteiger partial charge in [0.25, 0.3) is 12.2 Å². The third-order valence-corrected chi connectivity index (χ3v) is 6.94. The van der Waals surface area contributed by atoms with Crippen molar-refractivity contribution in [2.24, 2.45) is 5.16 Å². The minimum absolute atomic E-state index is 0.0484. The zero-order valence-electron chi connectivity index (χ0n) is 20.6. The predicted octanol–water partition coefficient (Wildman–Crippen LogP) is 6.78. The van der Waals surface area contributed by atoms with Crippen molar-refractivity contribution < 1.29 is 9.57 Å². The molecule has 0 radical (unpaired) electrons. The molecule has 5 nitrogen and oxygen atoms in total. The van der Waals surface area contributed by atoms with Gasteiger partial charge >= 0.3 is 6.98 Å². The molecule has 0 fully saturated rings. The third-order valence-electron chi connectivity index (χ3n) is 6.94. The molecule has 0 spiro atoms. The molecule has 7 rings (SSSR count). The molecule has 182 valence electrons. The van der Waals surface area contributed by atoms with Crippen molar-refractivity contribution in [3.05, 3.63) is 151 Å². The van der Waals surface area contributed by atoms with Gasteiger partial charge in [0.05, 0.1) is 11.4 Å². The summed E-state index contributed by atoms with van der Waals surface area (Å²) in [6.45, 7) is -0.0484. The largest absolute Gasteiger partial charge is 0.428 e. The topological polar surface area (TPSA) is 37.3 Å². The summed E-state index contributed by atoms with van der Waals surface area (Å²) in [5.74, 6) is 0.484. The minimum atomic E-state index is -0.529. The Kier molecular flexibility index (Phi) is 5.55. The van der Waals surface area contributed by atoms with Crippen LogP contribution in [-0.2, 0) is 9.57 Å². The normalized spacial score (nSPS) is 16.1. The Balaban J connectivity index is 1.26. The van der Waals surface area contributed by atoms with Gasteiger partial charge < -0.3 is 19.2 Å². The van der Waals surface area contributed by atoms with Gasteiger partial charge in [-0.15, -0.1) is 0 Å². The SMILES string of the molecule is c1ccc(B2N(c3ccccc3)c3ccccc3N2c2ccc(C3=NOC(c4ccccc4)O3)cc2)cc1. The van der Waals surface area contributed by atoms with Crippen molar-refractivity contribution in [3.8, 4) is 0 Å². The van der Waals surface area contributed by atoms with E-state index in [1.165, 1.54) is 11.2 Å². The number of ether oxygens (including phenoxy) is 1. The van der Waals surface area contributed by atoms with E-state index < -0.39 is 6.29 Å². The van der Waals surface area contributed by atoms with Crippen LogP contribution in [0.2, 0.25) is 0 Å². The molecular formula is C32H24BN3O2. The zero-order chi connectivity index (χ0) is 25.3. The molecule has 38 heavy (non-hydrogen) atoms. The predicted molar refractivity (Wildman–Crippen MR) is 153 cm³/mol. The van der Waals surface area contributed by atoms with Crippen molar-refractivity contribution in [1.82, 2.24) is 0 Å². The van der Waals surface area contributed by atoms with E-state index in [4.69, 9.17) is 9.57 Å². The van der Waals surface area contributed by atoms with Crippen LogP contribution in [0.1, 0.15) is 17.4 Å². The van der Waals surface area contributed by atoms with E-state index in [0.717, 1.165) is 28.2 Å². The van der Waals surface area contributed by atoms with Gasteiger partial charge in [0.2, 0.25) is 0 Å². The molecule has 0 N–H and O–H groups in total. The highest BCUT2D eigenvalue weighted by molar-refractivity contribution is 6.84. The highest BCUT2D eigenvalue weighted by Gasteiger charge is 2.43. The maximum absolute atomic E-state index is 6.03. The van der Waals surface area contributed by atoms with Gasteiger partial charge in [-0.2, -0.15) is 0 Å². The lowest BCUT2D eigenvalue weighted by Gasteiger charge is -2.30. The molecule has 5 aromatic carbocycles. The molecule has 1 unspecified atom stereocenters. The molecule has 2 aliphatic heterocycles. The fraction of sp³-hybridized carbons (Fsp3) is 0.0312. The third kappa shape index (κ3) is 3.87. The lowest BCUT2D eigenvalue weighted by molar-refractivity contribution is -0.0498. The van der Waals surface area contributed by atoms with Gasteiger partial charge in [0.15, 0.2) is 0 Å². The number of fused-ring (bicyclic) bond motifs is 1. The Bertz CT molecular complexity index is 1580. The zero-order valence-corrected chi connectivity index (χ0v) is 20.6. The molecule has 0 aromatic heterocycles. The summed E-state index contributed by atoms with van der Waals surface area (Å²) in [4.78, 5) is 10.4. The number of rotatable bonds is 5. The number of oxime groups is 1. The monoisotopic (exact) mass is 493 g/mol. The Labute approximate surface area is 222 Å². The maximum atomic E-state index is 6.03. The molecule has 1 atom stereocenters. The average Bonchev–Trinajstić information content (AvgIpc) is 3.63. The Hall–Kier alpha value is -4.97. The van der Waals surface area contributed by atoms with Gasteiger partial charge in [-0.3, -0.25) is 0 Å². The molecule has 0 bridgehead atoms. The van der Waals surface area contributed by atoms with E-state index in [9.17, 15) is 0 Å². The van der Waals surface area contributed by atoms with Crippen molar-refractivity contribution in [2.45, 2.75) is 6.29 Å². The number of hydrogen-bond donors (Lipinski definition) is 0. The van der Waals surface area contributed by atoms with Gasteiger partial charge in [-0.25, -0.2) is 0 Å². The van der Waals surface area contributed by atoms with Crippen molar-refractivity contribution in [1.29, 1.82) is 0 Å². The summed E-state index contributed by atoms with van der Waals surface area (Å²) < 4.78 is 6.03. The van der Waals surface area contributed by atoms with Crippen LogP contribution < -0.4 is 15.1 Å². The number of para-hydroxylation sites is 3. The molecule has 6 heteroatoms. The first-order valence-electron chi connectivity index (χ1n) is 12.7. The van der Waals surface area contributed by atoms with Crippen LogP contribution in [0, 0.1) is 0 Å². The molecule has 2 heterocycles. The first kappa shape index (κ1) is 22.2. The highest BCUT2D eigenvalue weighted by Crippen LogP contribution is 2.46. The summed E-state index contributed by atoms with van der Waals surface area (Å²) in [7, 11) is 0. The van der Waals surface area contributed by atoms with Crippen molar-refractivity contribution >= 4 is 41.1 Å². The standard InChI is InChI=1S/C32H24BN3O2/c1-4-12-25(13-5-1)32-37-31(34-38-32)24-20-22-28(23-21-24)36-30-19-11-10-18-29(30)35(27-16-8-3-9-17-27)33(36)26-14-6-2-7-15-26/h1-23,32H. The van der Waals surface area contributed by atoms with Crippen LogP contribution in [-0.4, -0.2) is 12.9 Å². The highest BCUT2D eigenvalue weighted by atomic mass is 16.8. The van der Waals surface area contributed by atoms with Crippen LogP contribution in [0.5, 0.6) is 0 Å². The molecule has 2 aliphatic rings. The van der Waals surface area contributed by atoms with E-state index in [-0.39, 0.29) is 6.98 Å². The lowest BCUT2D eigenvalue weighted by Crippen LogP contribution is -2.53. The number of anilines is 4. The van der Waals surface area contributed by atoms with E-state index in [2.05, 4.69) is 112 Å². The second-order valence-corrected chi connectivity index (χ2v) is 9.26. The van der Waals surface area contributed by atoms with Crippen LogP contribution in [0.3, 0.4) is 0 Å². The minimum Gasteiger partial charge on any atom is -0.428 e. The number of hydrogen-bond acceptors (Lipinski definition) is 5. The molecule has 0 saturated heterocycles. The van der Waals surface area contributed by atoms with E-state index in [1.807, 2.05) is 42.5 Å². The fourth-order valence-electron chi connectivity index (χ4n) is 5.19. The quantitative estimate of drug-likeness (QED) is 0.253. The number of benzene rings is 5. The lowest BCUT2D eigenvalue weighted by atomic mass is 9.64. The smallest absolute Gasteiger partial charge is 0.420 e. The molecule has 5 aromatic rings. The van der Waals surface area contributed by atoms with Gasteiger partial charge in [0, 0.05) is 22.5 Å². The summed E-state index contributed by atoms with van der Waals surface area (Å²) in [6.07, 6.45) is -0.529. The summed E-state index contributed by atoms with van der Waals surface area (Å²) >= 11 is 0. The van der Waals surface area contributed by atoms with E-state index in [1.54, 1.807) is 0 Å². The van der Waals surface area contributed by atoms with Gasteiger partial charge in [-0.1, -0.05) is 91.0 Å². The van der Waals surface area contributed by atoms with Crippen LogP contribution in [0.25, 0.3) is 0 Å². The fourth-order valence-corrected chi connectivity index (χ4v) is 5.19. The van der Waals surface area contributed by atoms with Crippen molar-refractivity contribution in [3.63, 3.8) is 0 Å².